The van der Waals surface area contributed by atoms with Crippen LogP contribution < -0.4 is 10.9 Å². The van der Waals surface area contributed by atoms with Gasteiger partial charge in [-0.1, -0.05) is 6.07 Å². The predicted molar refractivity (Wildman–Crippen MR) is 118 cm³/mol. The quantitative estimate of drug-likeness (QED) is 0.684. The third-order valence-corrected chi connectivity index (χ3v) is 6.93. The fourth-order valence-electron chi connectivity index (χ4n) is 4.62. The highest BCUT2D eigenvalue weighted by molar-refractivity contribution is 7.10. The van der Waals surface area contributed by atoms with Gasteiger partial charge in [0.1, 0.15) is 5.69 Å². The topological polar surface area (TPSA) is 84.3 Å². The maximum Gasteiger partial charge on any atom is 0.274 e. The smallest absolute Gasteiger partial charge is 0.274 e. The molecule has 0 radical (unpaired) electrons. The van der Waals surface area contributed by atoms with Crippen molar-refractivity contribution in [1.82, 2.24) is 14.5 Å². The number of carbonyl (C=O) groups is 2. The second kappa shape index (κ2) is 8.11. The number of piperidine rings is 1. The molecule has 0 spiro atoms. The Kier molecular flexibility index (Phi) is 5.15. The molecule has 5 rings (SSSR count). The van der Waals surface area contributed by atoms with Gasteiger partial charge in [0.05, 0.1) is 6.42 Å². The summed E-state index contributed by atoms with van der Waals surface area (Å²) >= 11 is 1.60. The number of nitrogens with zero attached hydrogens (tertiary/aromatic N) is 3. The van der Waals surface area contributed by atoms with Crippen molar-refractivity contribution in [2.45, 2.75) is 25.3 Å². The van der Waals surface area contributed by atoms with E-state index in [1.54, 1.807) is 46.5 Å². The van der Waals surface area contributed by atoms with Crippen LogP contribution in [0.25, 0.3) is 0 Å². The van der Waals surface area contributed by atoms with E-state index >= 15 is 0 Å². The van der Waals surface area contributed by atoms with Crippen molar-refractivity contribution in [1.29, 1.82) is 0 Å². The maximum atomic E-state index is 13.1. The van der Waals surface area contributed by atoms with E-state index in [4.69, 9.17) is 0 Å². The number of hydrogen-bond donors (Lipinski definition) is 1. The number of rotatable bonds is 4. The number of pyridine rings is 2. The first kappa shape index (κ1) is 19.7. The molecule has 7 nitrogen and oxygen atoms in total. The summed E-state index contributed by atoms with van der Waals surface area (Å²) in [5, 5.41) is 4.72. The van der Waals surface area contributed by atoms with E-state index in [1.807, 2.05) is 28.5 Å². The van der Waals surface area contributed by atoms with Crippen molar-refractivity contribution in [3.8, 4) is 0 Å². The standard InChI is InChI=1S/C23H22N4O3S/c28-21(11-18-2-1-9-31-18)26-12-15-10-17(14-26)20-4-3-19(23(30)27(20)13-15)25-22(29)16-5-7-24-8-6-16/h1-9,15,17H,10-14H2,(H,25,29). The molecule has 5 heterocycles. The zero-order valence-electron chi connectivity index (χ0n) is 16.9. The van der Waals surface area contributed by atoms with Crippen LogP contribution in [0.5, 0.6) is 0 Å². The van der Waals surface area contributed by atoms with Crippen molar-refractivity contribution < 1.29 is 9.59 Å². The SMILES string of the molecule is O=C(Nc1ccc2n(c1=O)CC1CC2CN(C(=O)Cc2cccs2)C1)c1ccncc1. The van der Waals surface area contributed by atoms with Crippen molar-refractivity contribution in [3.63, 3.8) is 0 Å². The maximum absolute atomic E-state index is 13.1. The third kappa shape index (κ3) is 3.90. The highest BCUT2D eigenvalue weighted by Gasteiger charge is 2.36. The van der Waals surface area contributed by atoms with Crippen LogP contribution in [0.2, 0.25) is 0 Å². The van der Waals surface area contributed by atoms with Gasteiger partial charge in [-0.25, -0.2) is 0 Å². The molecular weight excluding hydrogens is 412 g/mol. The molecule has 8 heteroatoms. The van der Waals surface area contributed by atoms with E-state index in [1.165, 1.54) is 0 Å². The number of fused-ring (bicyclic) bond motifs is 4. The number of likely N-dealkylation sites (tertiary alicyclic amines) is 1. The molecule has 3 aromatic rings. The van der Waals surface area contributed by atoms with Crippen molar-refractivity contribution in [3.05, 3.63) is 80.7 Å². The van der Waals surface area contributed by atoms with Crippen LogP contribution in [0.3, 0.4) is 0 Å². The molecule has 2 amide bonds. The number of amides is 2. The number of nitrogens with one attached hydrogen (secondary N) is 1. The average Bonchev–Trinajstić information content (AvgIpc) is 3.29. The lowest BCUT2D eigenvalue weighted by Crippen LogP contribution is -2.49. The van der Waals surface area contributed by atoms with Gasteiger partial charge >= 0.3 is 0 Å². The van der Waals surface area contributed by atoms with Crippen LogP contribution in [0, 0.1) is 5.92 Å². The summed E-state index contributed by atoms with van der Waals surface area (Å²) in [5.74, 6) is 0.190. The molecule has 0 saturated carbocycles. The highest BCUT2D eigenvalue weighted by Crippen LogP contribution is 2.35. The monoisotopic (exact) mass is 434 g/mol. The van der Waals surface area contributed by atoms with E-state index in [0.717, 1.165) is 17.0 Å². The first-order valence-corrected chi connectivity index (χ1v) is 11.2. The van der Waals surface area contributed by atoms with Gasteiger partial charge in [0.25, 0.3) is 11.5 Å². The molecule has 1 saturated heterocycles. The molecule has 3 aromatic heterocycles. The fraction of sp³-hybridized carbons (Fsp3) is 0.304. The predicted octanol–water partition coefficient (Wildman–Crippen LogP) is 2.75. The van der Waals surface area contributed by atoms with Crippen LogP contribution in [-0.4, -0.2) is 39.4 Å². The van der Waals surface area contributed by atoms with E-state index < -0.39 is 0 Å². The van der Waals surface area contributed by atoms with E-state index in [9.17, 15) is 14.4 Å². The molecule has 2 aliphatic heterocycles. The van der Waals surface area contributed by atoms with Crippen LogP contribution in [-0.2, 0) is 17.8 Å². The van der Waals surface area contributed by atoms with Gasteiger partial charge in [-0.15, -0.1) is 11.3 Å². The number of hydrogen-bond acceptors (Lipinski definition) is 5. The summed E-state index contributed by atoms with van der Waals surface area (Å²) in [6.07, 6.45) is 4.50. The Morgan fingerprint density at radius 2 is 1.94 bits per heavy atom. The van der Waals surface area contributed by atoms with Crippen LogP contribution >= 0.6 is 11.3 Å². The summed E-state index contributed by atoms with van der Waals surface area (Å²) in [4.78, 5) is 45.3. The Morgan fingerprint density at radius 3 is 2.71 bits per heavy atom. The number of anilines is 1. The average molecular weight is 435 g/mol. The lowest BCUT2D eigenvalue weighted by Gasteiger charge is -2.43. The second-order valence-electron chi connectivity index (χ2n) is 8.13. The Labute approximate surface area is 183 Å². The molecule has 31 heavy (non-hydrogen) atoms. The van der Waals surface area contributed by atoms with Gasteiger partial charge in [-0.3, -0.25) is 19.4 Å². The van der Waals surface area contributed by atoms with E-state index in [-0.39, 0.29) is 34.9 Å². The molecule has 2 bridgehead atoms. The van der Waals surface area contributed by atoms with Crippen LogP contribution in [0.15, 0.2) is 59.0 Å². The minimum Gasteiger partial charge on any atom is -0.341 e. The van der Waals surface area contributed by atoms with Gasteiger partial charge in [0.2, 0.25) is 5.91 Å². The van der Waals surface area contributed by atoms with Crippen molar-refractivity contribution in [2.75, 3.05) is 18.4 Å². The first-order valence-electron chi connectivity index (χ1n) is 10.3. The Morgan fingerprint density at radius 1 is 1.10 bits per heavy atom. The van der Waals surface area contributed by atoms with Gasteiger partial charge in [0.15, 0.2) is 0 Å². The van der Waals surface area contributed by atoms with Crippen LogP contribution in [0.1, 0.15) is 33.3 Å². The molecule has 1 N–H and O–H groups in total. The summed E-state index contributed by atoms with van der Waals surface area (Å²) in [6.45, 7) is 1.86. The molecule has 2 atom stereocenters. The Hall–Kier alpha value is -3.26. The molecule has 2 aliphatic rings. The zero-order valence-corrected chi connectivity index (χ0v) is 17.7. The summed E-state index contributed by atoms with van der Waals surface area (Å²) < 4.78 is 1.78. The minimum absolute atomic E-state index is 0.137. The molecule has 2 unspecified atom stereocenters. The zero-order chi connectivity index (χ0) is 21.4. The molecular formula is C23H22N4O3S. The van der Waals surface area contributed by atoms with Gasteiger partial charge in [0, 0.05) is 54.1 Å². The largest absolute Gasteiger partial charge is 0.341 e. The highest BCUT2D eigenvalue weighted by atomic mass is 32.1. The van der Waals surface area contributed by atoms with Crippen LogP contribution in [0.4, 0.5) is 5.69 Å². The number of carbonyl (C=O) groups excluding carboxylic acids is 2. The second-order valence-corrected chi connectivity index (χ2v) is 9.16. The lowest BCUT2D eigenvalue weighted by atomic mass is 9.83. The number of aromatic nitrogens is 2. The van der Waals surface area contributed by atoms with Crippen molar-refractivity contribution in [2.24, 2.45) is 5.92 Å². The summed E-state index contributed by atoms with van der Waals surface area (Å²) in [6, 6.07) is 10.8. The Bertz CT molecular complexity index is 1170. The third-order valence-electron chi connectivity index (χ3n) is 6.05. The molecule has 0 aliphatic carbocycles. The van der Waals surface area contributed by atoms with Crippen molar-refractivity contribution >= 4 is 28.8 Å². The van der Waals surface area contributed by atoms with Gasteiger partial charge < -0.3 is 14.8 Å². The minimum atomic E-state index is -0.332. The van der Waals surface area contributed by atoms with Gasteiger partial charge in [-0.2, -0.15) is 0 Å². The molecule has 0 aromatic carbocycles. The van der Waals surface area contributed by atoms with Gasteiger partial charge in [-0.05, 0) is 48.1 Å². The first-order chi connectivity index (χ1) is 15.1. The Balaban J connectivity index is 1.35. The molecule has 1 fully saturated rings. The number of thiophene rings is 1. The molecule has 158 valence electrons. The normalized spacial score (nSPS) is 19.5. The summed E-state index contributed by atoms with van der Waals surface area (Å²) in [7, 11) is 0. The lowest BCUT2D eigenvalue weighted by molar-refractivity contribution is -0.133. The fourth-order valence-corrected chi connectivity index (χ4v) is 5.31. The van der Waals surface area contributed by atoms with E-state index in [2.05, 4.69) is 10.3 Å². The summed E-state index contributed by atoms with van der Waals surface area (Å²) in [5.41, 5.74) is 1.48. The van der Waals surface area contributed by atoms with E-state index in [0.29, 0.717) is 31.6 Å².